The Morgan fingerprint density at radius 1 is 0.861 bits per heavy atom. The molecule has 0 aliphatic rings. The lowest BCUT2D eigenvalue weighted by molar-refractivity contribution is 0.142. The summed E-state index contributed by atoms with van der Waals surface area (Å²) in [4.78, 5) is 14.6. The minimum absolute atomic E-state index is 0.270. The predicted octanol–water partition coefficient (Wildman–Crippen LogP) is 7.65. The molecule has 5 rings (SSSR count). The summed E-state index contributed by atoms with van der Waals surface area (Å²) >= 11 is 0. The number of carbonyl (C=O) groups is 1. The molecular weight excluding hydrogens is 450 g/mol. The fraction of sp³-hybridized carbons (Fsp3) is 0.129. The van der Waals surface area contributed by atoms with Gasteiger partial charge in [-0.25, -0.2) is 4.79 Å². The first-order chi connectivity index (χ1) is 17.7. The van der Waals surface area contributed by atoms with Crippen LogP contribution in [0.2, 0.25) is 0 Å². The van der Waals surface area contributed by atoms with Crippen LogP contribution in [-0.4, -0.2) is 22.9 Å². The summed E-state index contributed by atoms with van der Waals surface area (Å²) in [6, 6.07) is 30.4. The molecule has 0 fully saturated rings. The minimum Gasteiger partial charge on any atom is -0.493 e. The van der Waals surface area contributed by atoms with Gasteiger partial charge in [0.25, 0.3) is 0 Å². The van der Waals surface area contributed by atoms with E-state index in [-0.39, 0.29) is 5.88 Å². The molecule has 180 valence electrons. The molecule has 36 heavy (non-hydrogen) atoms. The van der Waals surface area contributed by atoms with Gasteiger partial charge in [-0.3, -0.25) is 0 Å². The molecule has 0 saturated heterocycles. The van der Waals surface area contributed by atoms with Gasteiger partial charge in [-0.05, 0) is 41.8 Å². The first kappa shape index (κ1) is 23.2. The number of rotatable bonds is 9. The van der Waals surface area contributed by atoms with Crippen LogP contribution in [0.25, 0.3) is 27.8 Å². The van der Waals surface area contributed by atoms with Crippen molar-refractivity contribution in [3.8, 4) is 11.6 Å². The van der Waals surface area contributed by atoms with Gasteiger partial charge in [0.05, 0.1) is 12.1 Å². The Hall–Kier alpha value is -4.51. The third-order valence-corrected chi connectivity index (χ3v) is 6.20. The normalized spacial score (nSPS) is 11.3. The Morgan fingerprint density at radius 2 is 1.61 bits per heavy atom. The molecule has 5 nitrogen and oxygen atoms in total. The molecule has 5 heteroatoms. The summed E-state index contributed by atoms with van der Waals surface area (Å²) in [6.45, 7) is 0.504. The molecule has 0 atom stereocenters. The second-order valence-corrected chi connectivity index (χ2v) is 8.59. The fourth-order valence-electron chi connectivity index (χ4n) is 4.52. The van der Waals surface area contributed by atoms with Crippen LogP contribution < -0.4 is 9.47 Å². The largest absolute Gasteiger partial charge is 0.512 e. The number of allylic oxidation sites excluding steroid dienone is 1. The zero-order valence-corrected chi connectivity index (χ0v) is 19.8. The highest BCUT2D eigenvalue weighted by Crippen LogP contribution is 2.32. The molecule has 0 amide bonds. The van der Waals surface area contributed by atoms with Crippen molar-refractivity contribution in [3.63, 3.8) is 0 Å². The lowest BCUT2D eigenvalue weighted by Crippen LogP contribution is -2.06. The topological polar surface area (TPSA) is 71.5 Å². The van der Waals surface area contributed by atoms with E-state index in [1.165, 1.54) is 5.56 Å². The number of carboxylic acid groups (broad SMARTS) is 1. The van der Waals surface area contributed by atoms with Crippen LogP contribution in [0.1, 0.15) is 23.1 Å². The number of aromatic amines is 1. The number of aromatic nitrogens is 1. The minimum atomic E-state index is -1.34. The molecule has 0 spiro atoms. The van der Waals surface area contributed by atoms with Crippen LogP contribution in [0.15, 0.2) is 97.1 Å². The Bertz CT molecular complexity index is 1510. The van der Waals surface area contributed by atoms with Crippen LogP contribution in [0.3, 0.4) is 0 Å². The SMILES string of the molecule is O=C(O)Oc1[nH]c2c(/C=C/Cc3ccccc3)cccc2c1CCCOc1cccc2ccccc12. The van der Waals surface area contributed by atoms with Crippen LogP contribution >= 0.6 is 0 Å². The van der Waals surface area contributed by atoms with Gasteiger partial charge in [0, 0.05) is 16.3 Å². The van der Waals surface area contributed by atoms with E-state index < -0.39 is 6.16 Å². The van der Waals surface area contributed by atoms with E-state index >= 15 is 0 Å². The van der Waals surface area contributed by atoms with Crippen LogP contribution in [0.5, 0.6) is 11.6 Å². The number of hydrogen-bond acceptors (Lipinski definition) is 3. The lowest BCUT2D eigenvalue weighted by atomic mass is 10.0. The number of fused-ring (bicyclic) bond motifs is 2. The van der Waals surface area contributed by atoms with Gasteiger partial charge >= 0.3 is 6.16 Å². The molecule has 0 aliphatic carbocycles. The van der Waals surface area contributed by atoms with E-state index in [9.17, 15) is 9.90 Å². The summed E-state index contributed by atoms with van der Waals surface area (Å²) < 4.78 is 11.2. The zero-order valence-electron chi connectivity index (χ0n) is 19.8. The number of para-hydroxylation sites is 1. The van der Waals surface area contributed by atoms with Crippen molar-refractivity contribution in [2.24, 2.45) is 0 Å². The summed E-state index contributed by atoms with van der Waals surface area (Å²) in [7, 11) is 0. The number of ether oxygens (including phenoxy) is 2. The smallest absolute Gasteiger partial charge is 0.493 e. The Kier molecular flexibility index (Phi) is 6.99. The molecule has 2 N–H and O–H groups in total. The van der Waals surface area contributed by atoms with Crippen molar-refractivity contribution >= 4 is 33.9 Å². The summed E-state index contributed by atoms with van der Waals surface area (Å²) in [5.74, 6) is 1.12. The second kappa shape index (κ2) is 10.8. The zero-order chi connectivity index (χ0) is 24.7. The summed E-state index contributed by atoms with van der Waals surface area (Å²) in [6.07, 6.45) is 4.97. The molecule has 0 radical (unpaired) electrons. The first-order valence-corrected chi connectivity index (χ1v) is 12.0. The third kappa shape index (κ3) is 5.26. The Morgan fingerprint density at radius 3 is 2.47 bits per heavy atom. The third-order valence-electron chi connectivity index (χ3n) is 6.20. The molecule has 1 aromatic heterocycles. The van der Waals surface area contributed by atoms with Crippen molar-refractivity contribution in [2.45, 2.75) is 19.3 Å². The number of hydrogen-bond donors (Lipinski definition) is 2. The predicted molar refractivity (Wildman–Crippen MR) is 144 cm³/mol. The van der Waals surface area contributed by atoms with Crippen LogP contribution in [-0.2, 0) is 12.8 Å². The van der Waals surface area contributed by atoms with E-state index in [1.807, 2.05) is 60.7 Å². The molecule has 4 aromatic carbocycles. The van der Waals surface area contributed by atoms with E-state index in [1.54, 1.807) is 0 Å². The average molecular weight is 478 g/mol. The van der Waals surface area contributed by atoms with E-state index in [2.05, 4.69) is 47.5 Å². The van der Waals surface area contributed by atoms with Gasteiger partial charge in [0.2, 0.25) is 5.88 Å². The van der Waals surface area contributed by atoms with Crippen molar-refractivity contribution in [3.05, 3.63) is 114 Å². The average Bonchev–Trinajstić information content (AvgIpc) is 3.24. The monoisotopic (exact) mass is 477 g/mol. The highest BCUT2D eigenvalue weighted by Gasteiger charge is 2.17. The first-order valence-electron chi connectivity index (χ1n) is 12.0. The Balaban J connectivity index is 1.34. The maximum absolute atomic E-state index is 11.4. The maximum atomic E-state index is 11.4. The highest BCUT2D eigenvalue weighted by molar-refractivity contribution is 5.93. The van der Waals surface area contributed by atoms with Gasteiger partial charge in [0.15, 0.2) is 0 Å². The van der Waals surface area contributed by atoms with Gasteiger partial charge < -0.3 is 19.6 Å². The van der Waals surface area contributed by atoms with Crippen LogP contribution in [0, 0.1) is 0 Å². The molecule has 5 aromatic rings. The summed E-state index contributed by atoms with van der Waals surface area (Å²) in [5, 5.41) is 12.5. The van der Waals surface area contributed by atoms with Crippen LogP contribution in [0.4, 0.5) is 4.79 Å². The number of aryl methyl sites for hydroxylation is 1. The molecule has 0 bridgehead atoms. The lowest BCUT2D eigenvalue weighted by Gasteiger charge is -2.09. The Labute approximate surface area is 209 Å². The van der Waals surface area contributed by atoms with E-state index in [0.29, 0.717) is 19.4 Å². The fourth-order valence-corrected chi connectivity index (χ4v) is 4.52. The molecular formula is C31H27NO4. The van der Waals surface area contributed by atoms with Crippen molar-refractivity contribution < 1.29 is 19.4 Å². The quantitative estimate of drug-likeness (QED) is 0.169. The maximum Gasteiger partial charge on any atom is 0.512 e. The van der Waals surface area contributed by atoms with Gasteiger partial charge in [-0.1, -0.05) is 97.1 Å². The summed E-state index contributed by atoms with van der Waals surface area (Å²) in [5.41, 5.74) is 3.92. The van der Waals surface area contributed by atoms with Gasteiger partial charge in [-0.2, -0.15) is 0 Å². The number of H-pyrrole nitrogens is 1. The molecule has 0 unspecified atom stereocenters. The van der Waals surface area contributed by atoms with Gasteiger partial charge in [-0.15, -0.1) is 0 Å². The molecule has 1 heterocycles. The molecule has 0 saturated carbocycles. The number of benzene rings is 4. The van der Waals surface area contributed by atoms with E-state index in [4.69, 9.17) is 9.47 Å². The van der Waals surface area contributed by atoms with Crippen molar-refractivity contribution in [1.82, 2.24) is 4.98 Å². The molecule has 0 aliphatic heterocycles. The number of nitrogens with one attached hydrogen (secondary N) is 1. The second-order valence-electron chi connectivity index (χ2n) is 8.59. The van der Waals surface area contributed by atoms with Crippen molar-refractivity contribution in [2.75, 3.05) is 6.61 Å². The highest BCUT2D eigenvalue weighted by atomic mass is 16.7. The van der Waals surface area contributed by atoms with Crippen molar-refractivity contribution in [1.29, 1.82) is 0 Å². The van der Waals surface area contributed by atoms with Gasteiger partial charge in [0.1, 0.15) is 5.75 Å². The van der Waals surface area contributed by atoms with E-state index in [0.717, 1.165) is 45.0 Å². The standard InChI is InChI=1S/C31H27NO4/c33-31(34)36-30-27(19-9-21-35-28-20-8-14-23-13-4-5-17-25(23)28)26-18-7-16-24(29(26)32-30)15-6-12-22-10-2-1-3-11-22/h1-8,10-11,13-18,20,32H,9,12,19,21H2,(H,33,34)/b15-6+.